The molecule has 2 aromatic carbocycles. The number of rotatable bonds is 10. The first-order chi connectivity index (χ1) is 16.6. The highest BCUT2D eigenvalue weighted by molar-refractivity contribution is 7.90. The number of para-hydroxylation sites is 1. The molecule has 35 heavy (non-hydrogen) atoms. The Hall–Kier alpha value is -2.91. The van der Waals surface area contributed by atoms with E-state index in [1.807, 2.05) is 31.2 Å². The lowest BCUT2D eigenvalue weighted by Gasteiger charge is -2.33. The van der Waals surface area contributed by atoms with Crippen LogP contribution in [0.2, 0.25) is 0 Å². The summed E-state index contributed by atoms with van der Waals surface area (Å²) in [5.41, 5.74) is 2.28. The van der Waals surface area contributed by atoms with Crippen molar-refractivity contribution in [2.45, 2.75) is 58.2 Å². The third-order valence-corrected chi connectivity index (χ3v) is 8.35. The second-order valence-electron chi connectivity index (χ2n) is 9.25. The summed E-state index contributed by atoms with van der Waals surface area (Å²) in [4.78, 5) is 28.3. The van der Waals surface area contributed by atoms with Gasteiger partial charge in [0, 0.05) is 26.7 Å². The molecule has 1 atom stereocenters. The zero-order chi connectivity index (χ0) is 25.6. The highest BCUT2D eigenvalue weighted by Crippen LogP contribution is 2.22. The Morgan fingerprint density at radius 2 is 1.60 bits per heavy atom. The van der Waals surface area contributed by atoms with Crippen molar-refractivity contribution in [3.63, 3.8) is 0 Å². The summed E-state index contributed by atoms with van der Waals surface area (Å²) >= 11 is 0. The van der Waals surface area contributed by atoms with Crippen LogP contribution in [-0.4, -0.2) is 62.2 Å². The van der Waals surface area contributed by atoms with Crippen LogP contribution in [-0.2, 0) is 26.3 Å². The molecule has 1 aliphatic carbocycles. The van der Waals surface area contributed by atoms with Gasteiger partial charge in [-0.1, -0.05) is 55.3 Å². The molecule has 0 spiro atoms. The molecule has 190 valence electrons. The molecule has 9 heteroatoms. The lowest BCUT2D eigenvalue weighted by molar-refractivity contribution is -0.139. The fourth-order valence-corrected chi connectivity index (χ4v) is 5.31. The monoisotopic (exact) mass is 500 g/mol. The molecule has 0 saturated heterocycles. The summed E-state index contributed by atoms with van der Waals surface area (Å²) < 4.78 is 28.4. The molecule has 0 aliphatic heterocycles. The van der Waals surface area contributed by atoms with E-state index in [1.165, 1.54) is 19.0 Å². The first-order valence-corrected chi connectivity index (χ1v) is 13.4. The number of carbonyl (C=O) groups is 2. The molecule has 0 heterocycles. The molecule has 8 nitrogen and oxygen atoms in total. The Labute approximate surface area is 209 Å². The maximum atomic E-state index is 13.7. The van der Waals surface area contributed by atoms with Gasteiger partial charge in [0.1, 0.15) is 12.6 Å². The summed E-state index contributed by atoms with van der Waals surface area (Å²) in [5, 5.41) is 3.07. The minimum absolute atomic E-state index is 0.121. The molecular formula is C26H36N4O4S. The SMILES string of the molecule is Cc1ccccc1CN(C(=O)CN(c1ccccc1)S(=O)(=O)N(C)C)[C@@H](C)C(=O)NC1CCCC1. The van der Waals surface area contributed by atoms with Crippen LogP contribution in [0.1, 0.15) is 43.7 Å². The van der Waals surface area contributed by atoms with Crippen LogP contribution in [0.15, 0.2) is 54.6 Å². The van der Waals surface area contributed by atoms with Gasteiger partial charge in [0.25, 0.3) is 0 Å². The van der Waals surface area contributed by atoms with Crippen LogP contribution in [0.5, 0.6) is 0 Å². The van der Waals surface area contributed by atoms with Gasteiger partial charge in [-0.2, -0.15) is 12.7 Å². The Morgan fingerprint density at radius 3 is 2.20 bits per heavy atom. The van der Waals surface area contributed by atoms with Gasteiger partial charge >= 0.3 is 10.2 Å². The van der Waals surface area contributed by atoms with E-state index in [0.717, 1.165) is 45.4 Å². The van der Waals surface area contributed by atoms with Crippen LogP contribution in [0, 0.1) is 6.92 Å². The molecule has 0 radical (unpaired) electrons. The van der Waals surface area contributed by atoms with Crippen LogP contribution >= 0.6 is 0 Å². The number of anilines is 1. The molecule has 3 rings (SSSR count). The van der Waals surface area contributed by atoms with Gasteiger partial charge in [0.05, 0.1) is 5.69 Å². The Balaban J connectivity index is 1.91. The summed E-state index contributed by atoms with van der Waals surface area (Å²) in [6, 6.07) is 15.6. The average molecular weight is 501 g/mol. The van der Waals surface area contributed by atoms with Crippen LogP contribution in [0.4, 0.5) is 5.69 Å². The number of nitrogens with zero attached hydrogens (tertiary/aromatic N) is 3. The number of amides is 2. The molecule has 1 aliphatic rings. The first kappa shape index (κ1) is 26.7. The van der Waals surface area contributed by atoms with Gasteiger partial charge in [0.15, 0.2) is 0 Å². The maximum Gasteiger partial charge on any atom is 0.304 e. The van der Waals surface area contributed by atoms with Gasteiger partial charge in [-0.05, 0) is 49.9 Å². The fourth-order valence-electron chi connectivity index (χ4n) is 4.26. The van der Waals surface area contributed by atoms with Gasteiger partial charge < -0.3 is 10.2 Å². The minimum Gasteiger partial charge on any atom is -0.352 e. The van der Waals surface area contributed by atoms with Crippen molar-refractivity contribution >= 4 is 27.7 Å². The Bertz CT molecular complexity index is 1120. The Morgan fingerprint density at radius 1 is 1.00 bits per heavy atom. The summed E-state index contributed by atoms with van der Waals surface area (Å²) in [7, 11) is -1.09. The third kappa shape index (κ3) is 6.61. The summed E-state index contributed by atoms with van der Waals surface area (Å²) in [5.74, 6) is -0.669. The van der Waals surface area contributed by atoms with E-state index in [2.05, 4.69) is 5.32 Å². The minimum atomic E-state index is -3.95. The van der Waals surface area contributed by atoms with E-state index in [0.29, 0.717) is 5.69 Å². The lowest BCUT2D eigenvalue weighted by Crippen LogP contribution is -2.53. The van der Waals surface area contributed by atoms with E-state index < -0.39 is 28.7 Å². The quantitative estimate of drug-likeness (QED) is 0.543. The van der Waals surface area contributed by atoms with Gasteiger partial charge in [0.2, 0.25) is 11.8 Å². The molecule has 0 aromatic heterocycles. The van der Waals surface area contributed by atoms with E-state index in [4.69, 9.17) is 0 Å². The number of benzene rings is 2. The van der Waals surface area contributed by atoms with E-state index >= 15 is 0 Å². The topological polar surface area (TPSA) is 90.0 Å². The number of hydrogen-bond donors (Lipinski definition) is 1. The second-order valence-corrected chi connectivity index (χ2v) is 11.3. The third-order valence-electron chi connectivity index (χ3n) is 6.53. The van der Waals surface area contributed by atoms with Crippen molar-refractivity contribution in [3.8, 4) is 0 Å². The molecule has 1 saturated carbocycles. The second kappa shape index (κ2) is 11.7. The van der Waals surface area contributed by atoms with E-state index in [-0.39, 0.29) is 18.5 Å². The smallest absolute Gasteiger partial charge is 0.304 e. The van der Waals surface area contributed by atoms with Gasteiger partial charge in [-0.3, -0.25) is 9.59 Å². The number of nitrogens with one attached hydrogen (secondary N) is 1. The predicted molar refractivity (Wildman–Crippen MR) is 138 cm³/mol. The zero-order valence-electron chi connectivity index (χ0n) is 21.0. The molecule has 1 fully saturated rings. The summed E-state index contributed by atoms with van der Waals surface area (Å²) in [6.45, 7) is 3.44. The van der Waals surface area contributed by atoms with Crippen molar-refractivity contribution in [2.75, 3.05) is 24.9 Å². The average Bonchev–Trinajstić information content (AvgIpc) is 3.34. The van der Waals surface area contributed by atoms with E-state index in [1.54, 1.807) is 37.3 Å². The van der Waals surface area contributed by atoms with Gasteiger partial charge in [-0.25, -0.2) is 4.31 Å². The lowest BCUT2D eigenvalue weighted by atomic mass is 10.1. The number of carbonyl (C=O) groups excluding carboxylic acids is 2. The predicted octanol–water partition coefficient (Wildman–Crippen LogP) is 3.08. The molecule has 2 aromatic rings. The van der Waals surface area contributed by atoms with Crippen molar-refractivity contribution in [2.24, 2.45) is 0 Å². The van der Waals surface area contributed by atoms with Gasteiger partial charge in [-0.15, -0.1) is 0 Å². The summed E-state index contributed by atoms with van der Waals surface area (Å²) in [6.07, 6.45) is 4.04. The molecular weight excluding hydrogens is 464 g/mol. The first-order valence-electron chi connectivity index (χ1n) is 12.0. The molecule has 0 unspecified atom stereocenters. The molecule has 2 amide bonds. The van der Waals surface area contributed by atoms with E-state index in [9.17, 15) is 18.0 Å². The normalized spacial score (nSPS) is 15.1. The highest BCUT2D eigenvalue weighted by atomic mass is 32.2. The van der Waals surface area contributed by atoms with Crippen molar-refractivity contribution in [1.29, 1.82) is 0 Å². The van der Waals surface area contributed by atoms with Crippen LogP contribution in [0.3, 0.4) is 0 Å². The highest BCUT2D eigenvalue weighted by Gasteiger charge is 2.33. The zero-order valence-corrected chi connectivity index (χ0v) is 21.8. The fraction of sp³-hybridized carbons (Fsp3) is 0.462. The standard InChI is InChI=1S/C26H36N4O4S/c1-20-12-8-9-13-22(20)18-29(21(2)26(32)27-23-14-10-11-15-23)25(31)19-30(35(33,34)28(3)4)24-16-6-5-7-17-24/h5-9,12-13,16-17,21,23H,10-11,14-15,18-19H2,1-4H3,(H,27,32)/t21-/m0/s1. The largest absolute Gasteiger partial charge is 0.352 e. The number of hydrogen-bond acceptors (Lipinski definition) is 4. The van der Waals surface area contributed by atoms with Crippen molar-refractivity contribution in [3.05, 3.63) is 65.7 Å². The Kier molecular flexibility index (Phi) is 8.91. The molecule has 0 bridgehead atoms. The van der Waals surface area contributed by atoms with Crippen molar-refractivity contribution < 1.29 is 18.0 Å². The van der Waals surface area contributed by atoms with Crippen molar-refractivity contribution in [1.82, 2.24) is 14.5 Å². The molecule has 1 N–H and O–H groups in total. The number of aryl methyl sites for hydroxylation is 1. The van der Waals surface area contributed by atoms with Crippen LogP contribution < -0.4 is 9.62 Å². The van der Waals surface area contributed by atoms with Crippen LogP contribution in [0.25, 0.3) is 0 Å². The maximum absolute atomic E-state index is 13.7.